The van der Waals surface area contributed by atoms with Gasteiger partial charge >= 0.3 is 5.97 Å². The number of carbonyl (C=O) groups excluding carboxylic acids is 1. The van der Waals surface area contributed by atoms with Crippen LogP contribution in [0.1, 0.15) is 54.9 Å². The molecule has 1 aliphatic carbocycles. The molecular weight excluding hydrogens is 392 g/mol. The van der Waals surface area contributed by atoms with Gasteiger partial charge in [-0.15, -0.1) is 0 Å². The molecule has 7 heteroatoms. The van der Waals surface area contributed by atoms with Crippen molar-refractivity contribution >= 4 is 34.9 Å². The van der Waals surface area contributed by atoms with E-state index in [1.54, 1.807) is 17.0 Å². The Kier molecular flexibility index (Phi) is 4.84. The molecular formula is C24H28N4O3. The summed E-state index contributed by atoms with van der Waals surface area (Å²) in [4.78, 5) is 35.7. The van der Waals surface area contributed by atoms with Gasteiger partial charge in [0.25, 0.3) is 0 Å². The normalized spacial score (nSPS) is 20.9. The van der Waals surface area contributed by atoms with E-state index in [-0.39, 0.29) is 11.9 Å². The van der Waals surface area contributed by atoms with E-state index in [1.165, 1.54) is 12.8 Å². The molecule has 31 heavy (non-hydrogen) atoms. The average Bonchev–Trinajstić information content (AvgIpc) is 3.45. The molecule has 1 aromatic carbocycles. The Morgan fingerprint density at radius 1 is 1.16 bits per heavy atom. The van der Waals surface area contributed by atoms with E-state index in [4.69, 9.17) is 4.98 Å². The largest absolute Gasteiger partial charge is 0.478 e. The van der Waals surface area contributed by atoms with Crippen molar-refractivity contribution in [2.24, 2.45) is 0 Å². The molecule has 0 bridgehead atoms. The molecule has 1 amide bonds. The SMILES string of the molecule is CC[C@@H]1C(=O)N(C)c2ccc(N3CCc4cc(C(=O)O)ccc43)nc2N1C1CCCC1. The van der Waals surface area contributed by atoms with Gasteiger partial charge in [0.2, 0.25) is 5.91 Å². The molecule has 3 heterocycles. The van der Waals surface area contributed by atoms with Crippen molar-refractivity contribution in [3.8, 4) is 0 Å². The first-order chi connectivity index (χ1) is 15.0. The second kappa shape index (κ2) is 7.55. The Bertz CT molecular complexity index is 1050. The summed E-state index contributed by atoms with van der Waals surface area (Å²) in [6, 6.07) is 9.46. The van der Waals surface area contributed by atoms with E-state index >= 15 is 0 Å². The van der Waals surface area contributed by atoms with Crippen LogP contribution >= 0.6 is 0 Å². The van der Waals surface area contributed by atoms with Gasteiger partial charge in [-0.25, -0.2) is 9.78 Å². The molecule has 0 radical (unpaired) electrons. The molecule has 7 nitrogen and oxygen atoms in total. The maximum Gasteiger partial charge on any atom is 0.335 e. The van der Waals surface area contributed by atoms with E-state index in [9.17, 15) is 14.7 Å². The number of rotatable bonds is 4. The van der Waals surface area contributed by atoms with Crippen LogP contribution in [-0.4, -0.2) is 47.6 Å². The summed E-state index contributed by atoms with van der Waals surface area (Å²) in [5, 5.41) is 9.30. The summed E-state index contributed by atoms with van der Waals surface area (Å²) in [5.74, 6) is 0.984. The van der Waals surface area contributed by atoms with Gasteiger partial charge in [0.1, 0.15) is 11.9 Å². The Balaban J connectivity index is 1.57. The van der Waals surface area contributed by atoms with Crippen molar-refractivity contribution in [1.29, 1.82) is 0 Å². The standard InChI is InChI=1S/C24H28N4O3/c1-3-18-23(29)26(2)20-10-11-21(25-22(20)28(18)17-6-4-5-7-17)27-13-12-15-14-16(24(30)31)8-9-19(15)27/h8-11,14,17-18H,3-7,12-13H2,1-2H3,(H,30,31)/t18-/m1/s1. The number of benzene rings is 1. The number of carboxylic acid groups (broad SMARTS) is 1. The molecule has 2 aliphatic heterocycles. The van der Waals surface area contributed by atoms with Gasteiger partial charge in [0, 0.05) is 25.3 Å². The van der Waals surface area contributed by atoms with Gasteiger partial charge in [0.05, 0.1) is 11.3 Å². The number of aromatic nitrogens is 1. The maximum absolute atomic E-state index is 13.1. The Hall–Kier alpha value is -3.09. The number of nitrogens with zero attached hydrogens (tertiary/aromatic N) is 4. The van der Waals surface area contributed by atoms with Crippen LogP contribution in [-0.2, 0) is 11.2 Å². The highest BCUT2D eigenvalue weighted by Gasteiger charge is 2.41. The minimum absolute atomic E-state index is 0.143. The molecule has 0 spiro atoms. The first-order valence-corrected chi connectivity index (χ1v) is 11.2. The van der Waals surface area contributed by atoms with Gasteiger partial charge in [-0.05, 0) is 61.6 Å². The van der Waals surface area contributed by atoms with Crippen LogP contribution in [0.25, 0.3) is 0 Å². The summed E-state index contributed by atoms with van der Waals surface area (Å²) in [6.45, 7) is 2.84. The molecule has 1 N–H and O–H groups in total. The lowest BCUT2D eigenvalue weighted by Gasteiger charge is -2.44. The van der Waals surface area contributed by atoms with Gasteiger partial charge < -0.3 is 19.8 Å². The molecule has 3 aliphatic rings. The van der Waals surface area contributed by atoms with E-state index in [0.717, 1.165) is 60.8 Å². The van der Waals surface area contributed by atoms with E-state index < -0.39 is 5.97 Å². The molecule has 5 rings (SSSR count). The second-order valence-electron chi connectivity index (χ2n) is 8.73. The summed E-state index contributed by atoms with van der Waals surface area (Å²) < 4.78 is 0. The first-order valence-electron chi connectivity index (χ1n) is 11.2. The highest BCUT2D eigenvalue weighted by atomic mass is 16.4. The number of carbonyl (C=O) groups is 2. The topological polar surface area (TPSA) is 77.0 Å². The van der Waals surface area contributed by atoms with Crippen molar-refractivity contribution in [2.45, 2.75) is 57.5 Å². The summed E-state index contributed by atoms with van der Waals surface area (Å²) >= 11 is 0. The number of aromatic carboxylic acids is 1. The minimum Gasteiger partial charge on any atom is -0.478 e. The molecule has 2 aromatic rings. The Morgan fingerprint density at radius 2 is 1.90 bits per heavy atom. The van der Waals surface area contributed by atoms with Crippen molar-refractivity contribution < 1.29 is 14.7 Å². The molecule has 1 aromatic heterocycles. The molecule has 1 atom stereocenters. The van der Waals surface area contributed by atoms with Crippen LogP contribution in [0.4, 0.5) is 23.0 Å². The summed E-state index contributed by atoms with van der Waals surface area (Å²) in [5.41, 5.74) is 3.23. The van der Waals surface area contributed by atoms with Gasteiger partial charge in [-0.2, -0.15) is 0 Å². The van der Waals surface area contributed by atoms with Crippen LogP contribution in [0, 0.1) is 0 Å². The average molecular weight is 421 g/mol. The zero-order valence-electron chi connectivity index (χ0n) is 18.0. The molecule has 0 saturated heterocycles. The second-order valence-corrected chi connectivity index (χ2v) is 8.73. The monoisotopic (exact) mass is 420 g/mol. The smallest absolute Gasteiger partial charge is 0.335 e. The third kappa shape index (κ3) is 3.14. The quantitative estimate of drug-likeness (QED) is 0.806. The number of pyridine rings is 1. The Labute approximate surface area is 182 Å². The molecule has 1 fully saturated rings. The van der Waals surface area contributed by atoms with Crippen LogP contribution in [0.5, 0.6) is 0 Å². The van der Waals surface area contributed by atoms with E-state index in [1.807, 2.05) is 25.2 Å². The van der Waals surface area contributed by atoms with Gasteiger partial charge in [-0.1, -0.05) is 19.8 Å². The van der Waals surface area contributed by atoms with Crippen LogP contribution < -0.4 is 14.7 Å². The van der Waals surface area contributed by atoms with Gasteiger partial charge in [0.15, 0.2) is 5.82 Å². The predicted molar refractivity (Wildman–Crippen MR) is 121 cm³/mol. The van der Waals surface area contributed by atoms with Crippen molar-refractivity contribution in [3.63, 3.8) is 0 Å². The molecule has 162 valence electrons. The summed E-state index contributed by atoms with van der Waals surface area (Å²) in [7, 11) is 1.84. The first kappa shape index (κ1) is 19.8. The van der Waals surface area contributed by atoms with E-state index in [2.05, 4.69) is 16.7 Å². The highest BCUT2D eigenvalue weighted by Crippen LogP contribution is 2.42. The van der Waals surface area contributed by atoms with Crippen LogP contribution in [0.3, 0.4) is 0 Å². The fraction of sp³-hybridized carbons (Fsp3) is 0.458. The fourth-order valence-electron chi connectivity index (χ4n) is 5.40. The summed E-state index contributed by atoms with van der Waals surface area (Å²) in [6.07, 6.45) is 6.14. The maximum atomic E-state index is 13.1. The van der Waals surface area contributed by atoms with Crippen LogP contribution in [0.15, 0.2) is 30.3 Å². The molecule has 0 unspecified atom stereocenters. The number of carboxylic acids is 1. The number of hydrogen-bond acceptors (Lipinski definition) is 5. The lowest BCUT2D eigenvalue weighted by atomic mass is 10.0. The Morgan fingerprint density at radius 3 is 2.61 bits per heavy atom. The minimum atomic E-state index is -0.904. The van der Waals surface area contributed by atoms with E-state index in [0.29, 0.717) is 11.6 Å². The zero-order valence-corrected chi connectivity index (χ0v) is 18.0. The third-order valence-electron chi connectivity index (χ3n) is 7.00. The lowest BCUT2D eigenvalue weighted by molar-refractivity contribution is -0.120. The number of likely N-dealkylation sites (N-methyl/N-ethyl adjacent to an activating group) is 1. The number of fused-ring (bicyclic) bond motifs is 2. The highest BCUT2D eigenvalue weighted by molar-refractivity contribution is 6.04. The van der Waals surface area contributed by atoms with Crippen molar-refractivity contribution in [3.05, 3.63) is 41.5 Å². The van der Waals surface area contributed by atoms with Gasteiger partial charge in [-0.3, -0.25) is 4.79 Å². The fourth-order valence-corrected chi connectivity index (χ4v) is 5.40. The lowest BCUT2D eigenvalue weighted by Crippen LogP contribution is -2.55. The zero-order chi connectivity index (χ0) is 21.7. The van der Waals surface area contributed by atoms with Crippen molar-refractivity contribution in [2.75, 3.05) is 28.3 Å². The van der Waals surface area contributed by atoms with Crippen molar-refractivity contribution in [1.82, 2.24) is 4.98 Å². The van der Waals surface area contributed by atoms with Crippen LogP contribution in [0.2, 0.25) is 0 Å². The number of amides is 1. The third-order valence-corrected chi connectivity index (χ3v) is 7.00. The number of anilines is 4. The number of hydrogen-bond donors (Lipinski definition) is 1. The predicted octanol–water partition coefficient (Wildman–Crippen LogP) is 3.98. The molecule has 1 saturated carbocycles.